The normalized spacial score (nSPS) is 19.3. The summed E-state index contributed by atoms with van der Waals surface area (Å²) in [4.78, 5) is 17.6. The number of rotatable bonds is 6. The Morgan fingerprint density at radius 1 is 1.19 bits per heavy atom. The maximum absolute atomic E-state index is 5.42. The van der Waals surface area contributed by atoms with Gasteiger partial charge in [-0.1, -0.05) is 11.6 Å². The Morgan fingerprint density at radius 3 is 2.69 bits per heavy atom. The van der Waals surface area contributed by atoms with Gasteiger partial charge in [0.15, 0.2) is 5.82 Å². The highest BCUT2D eigenvalue weighted by molar-refractivity contribution is 5.47. The number of piperidine rings is 1. The summed E-state index contributed by atoms with van der Waals surface area (Å²) in [7, 11) is 3.97. The number of nitrogens with one attached hydrogen (secondary N) is 1. The van der Waals surface area contributed by atoms with E-state index in [1.165, 1.54) is 19.3 Å². The van der Waals surface area contributed by atoms with Crippen molar-refractivity contribution >= 4 is 11.6 Å². The highest BCUT2D eigenvalue weighted by Crippen LogP contribution is 2.35. The summed E-state index contributed by atoms with van der Waals surface area (Å²) in [5.41, 5.74) is 0. The van der Waals surface area contributed by atoms with E-state index in [9.17, 15) is 0 Å². The molecule has 0 bridgehead atoms. The Hall–Kier alpha value is -2.22. The molecule has 140 valence electrons. The van der Waals surface area contributed by atoms with Crippen LogP contribution >= 0.6 is 0 Å². The van der Waals surface area contributed by atoms with E-state index in [2.05, 4.69) is 30.3 Å². The Labute approximate surface area is 154 Å². The van der Waals surface area contributed by atoms with Crippen LogP contribution in [0.4, 0.5) is 11.6 Å². The van der Waals surface area contributed by atoms with Crippen molar-refractivity contribution in [2.75, 3.05) is 37.4 Å². The van der Waals surface area contributed by atoms with Gasteiger partial charge in [-0.15, -0.1) is 0 Å². The average Bonchev–Trinajstić information content (AvgIpc) is 3.03. The predicted molar refractivity (Wildman–Crippen MR) is 99.2 cm³/mol. The van der Waals surface area contributed by atoms with Crippen LogP contribution in [0, 0.1) is 0 Å². The third kappa shape index (κ3) is 3.95. The first-order chi connectivity index (χ1) is 12.7. The number of anilines is 2. The van der Waals surface area contributed by atoms with Crippen LogP contribution in [0.2, 0.25) is 0 Å². The lowest BCUT2D eigenvalue weighted by molar-refractivity contribution is 0.203. The molecule has 3 heterocycles. The topological polar surface area (TPSA) is 83.2 Å². The molecule has 2 fully saturated rings. The van der Waals surface area contributed by atoms with Gasteiger partial charge >= 0.3 is 0 Å². The van der Waals surface area contributed by atoms with Crippen molar-refractivity contribution in [3.8, 4) is 0 Å². The maximum Gasteiger partial charge on any atom is 0.229 e. The van der Waals surface area contributed by atoms with Gasteiger partial charge in [0.05, 0.1) is 6.54 Å². The summed E-state index contributed by atoms with van der Waals surface area (Å²) in [5.74, 6) is 3.98. The van der Waals surface area contributed by atoms with Crippen LogP contribution in [0.15, 0.2) is 16.9 Å². The van der Waals surface area contributed by atoms with Gasteiger partial charge in [-0.25, -0.2) is 9.97 Å². The lowest BCUT2D eigenvalue weighted by Crippen LogP contribution is -2.39. The van der Waals surface area contributed by atoms with Gasteiger partial charge in [0, 0.05) is 45.2 Å². The fraction of sp³-hybridized carbons (Fsp3) is 0.667. The Morgan fingerprint density at radius 2 is 2.00 bits per heavy atom. The van der Waals surface area contributed by atoms with E-state index in [-0.39, 0.29) is 0 Å². The minimum absolute atomic E-state index is 0.437. The zero-order valence-electron chi connectivity index (χ0n) is 15.6. The standard InChI is InChI=1S/C18H27N7O/c1-24(2)17-10-15(19-12-20-17)21-14-6-8-25(9-7-14)11-16-22-18(26-23-16)13-4-3-5-13/h10,12-14H,3-9,11H2,1-2H3,(H,19,20,21). The molecule has 1 aliphatic carbocycles. The molecule has 2 aliphatic rings. The van der Waals surface area contributed by atoms with Gasteiger partial charge < -0.3 is 14.7 Å². The molecule has 0 atom stereocenters. The SMILES string of the molecule is CN(C)c1cc(NC2CCN(Cc3noc(C4CCC4)n3)CC2)ncn1. The summed E-state index contributed by atoms with van der Waals surface area (Å²) < 4.78 is 5.42. The summed E-state index contributed by atoms with van der Waals surface area (Å²) in [5, 5.41) is 7.70. The summed E-state index contributed by atoms with van der Waals surface area (Å²) in [6.45, 7) is 2.83. The molecule has 1 saturated heterocycles. The van der Waals surface area contributed by atoms with E-state index in [0.717, 1.165) is 55.8 Å². The summed E-state index contributed by atoms with van der Waals surface area (Å²) in [6, 6.07) is 2.43. The van der Waals surface area contributed by atoms with Crippen molar-refractivity contribution in [3.05, 3.63) is 24.1 Å². The third-order valence-electron chi connectivity index (χ3n) is 5.35. The fourth-order valence-corrected chi connectivity index (χ4v) is 3.47. The second-order valence-electron chi connectivity index (χ2n) is 7.53. The molecule has 4 rings (SSSR count). The first kappa shape index (κ1) is 17.2. The van der Waals surface area contributed by atoms with Gasteiger partial charge in [-0.3, -0.25) is 4.90 Å². The minimum atomic E-state index is 0.437. The van der Waals surface area contributed by atoms with E-state index in [1.54, 1.807) is 6.33 Å². The molecule has 0 unspecified atom stereocenters. The molecular formula is C18H27N7O. The van der Waals surface area contributed by atoms with Gasteiger partial charge in [0.2, 0.25) is 5.89 Å². The number of hydrogen-bond acceptors (Lipinski definition) is 8. The Bertz CT molecular complexity index is 720. The van der Waals surface area contributed by atoms with E-state index >= 15 is 0 Å². The van der Waals surface area contributed by atoms with Gasteiger partial charge in [0.1, 0.15) is 18.0 Å². The number of likely N-dealkylation sites (tertiary alicyclic amines) is 1. The average molecular weight is 357 g/mol. The number of hydrogen-bond donors (Lipinski definition) is 1. The van der Waals surface area contributed by atoms with Crippen LogP contribution in [-0.2, 0) is 6.54 Å². The first-order valence-corrected chi connectivity index (χ1v) is 9.48. The van der Waals surface area contributed by atoms with Crippen LogP contribution in [0.25, 0.3) is 0 Å². The molecule has 8 nitrogen and oxygen atoms in total. The van der Waals surface area contributed by atoms with E-state index in [1.807, 2.05) is 25.1 Å². The largest absolute Gasteiger partial charge is 0.367 e. The van der Waals surface area contributed by atoms with Crippen molar-refractivity contribution in [2.45, 2.75) is 50.6 Å². The van der Waals surface area contributed by atoms with Gasteiger partial charge in [-0.05, 0) is 25.7 Å². The zero-order chi connectivity index (χ0) is 17.9. The smallest absolute Gasteiger partial charge is 0.229 e. The van der Waals surface area contributed by atoms with Gasteiger partial charge in [0.25, 0.3) is 0 Å². The molecule has 2 aromatic rings. The van der Waals surface area contributed by atoms with Crippen LogP contribution in [-0.4, -0.2) is 58.2 Å². The number of aromatic nitrogens is 4. The first-order valence-electron chi connectivity index (χ1n) is 9.48. The lowest BCUT2D eigenvalue weighted by Gasteiger charge is -2.31. The van der Waals surface area contributed by atoms with Crippen molar-refractivity contribution in [3.63, 3.8) is 0 Å². The van der Waals surface area contributed by atoms with Gasteiger partial charge in [-0.2, -0.15) is 4.98 Å². The molecule has 0 amide bonds. The van der Waals surface area contributed by atoms with Crippen LogP contribution in [0.1, 0.15) is 49.7 Å². The number of nitrogens with zero attached hydrogens (tertiary/aromatic N) is 6. The van der Waals surface area contributed by atoms with Crippen LogP contribution in [0.3, 0.4) is 0 Å². The summed E-state index contributed by atoms with van der Waals surface area (Å²) in [6.07, 6.45) is 7.44. The highest BCUT2D eigenvalue weighted by Gasteiger charge is 2.26. The summed E-state index contributed by atoms with van der Waals surface area (Å²) >= 11 is 0. The molecule has 2 aromatic heterocycles. The monoisotopic (exact) mass is 357 g/mol. The fourth-order valence-electron chi connectivity index (χ4n) is 3.47. The quantitative estimate of drug-likeness (QED) is 0.843. The van der Waals surface area contributed by atoms with Crippen LogP contribution in [0.5, 0.6) is 0 Å². The van der Waals surface area contributed by atoms with Crippen molar-refractivity contribution in [2.24, 2.45) is 0 Å². The van der Waals surface area contributed by atoms with E-state index < -0.39 is 0 Å². The molecule has 1 aliphatic heterocycles. The maximum atomic E-state index is 5.42. The molecule has 8 heteroatoms. The van der Waals surface area contributed by atoms with Crippen LogP contribution < -0.4 is 10.2 Å². The molecule has 26 heavy (non-hydrogen) atoms. The predicted octanol–water partition coefficient (Wildman–Crippen LogP) is 2.27. The Kier molecular flexibility index (Phi) is 5.01. The van der Waals surface area contributed by atoms with E-state index in [0.29, 0.717) is 12.0 Å². The molecule has 1 saturated carbocycles. The van der Waals surface area contributed by atoms with Crippen molar-refractivity contribution < 1.29 is 4.52 Å². The van der Waals surface area contributed by atoms with E-state index in [4.69, 9.17) is 4.52 Å². The highest BCUT2D eigenvalue weighted by atomic mass is 16.5. The molecule has 0 spiro atoms. The molecular weight excluding hydrogens is 330 g/mol. The zero-order valence-corrected chi connectivity index (χ0v) is 15.6. The molecule has 0 radical (unpaired) electrons. The molecule has 0 aromatic carbocycles. The van der Waals surface area contributed by atoms with Crippen molar-refractivity contribution in [1.29, 1.82) is 0 Å². The second kappa shape index (κ2) is 7.57. The second-order valence-corrected chi connectivity index (χ2v) is 7.53. The third-order valence-corrected chi connectivity index (χ3v) is 5.35. The Balaban J connectivity index is 1.26. The van der Waals surface area contributed by atoms with Crippen molar-refractivity contribution in [1.82, 2.24) is 25.0 Å². The molecule has 1 N–H and O–H groups in total. The minimum Gasteiger partial charge on any atom is -0.367 e. The lowest BCUT2D eigenvalue weighted by atomic mass is 9.85.